The van der Waals surface area contributed by atoms with Crippen LogP contribution in [-0.4, -0.2) is 43.0 Å². The van der Waals surface area contributed by atoms with E-state index in [0.717, 1.165) is 5.56 Å². The van der Waals surface area contributed by atoms with Gasteiger partial charge in [-0.25, -0.2) is 12.7 Å². The van der Waals surface area contributed by atoms with Gasteiger partial charge in [0.1, 0.15) is 0 Å². The molecular weight excluding hydrogens is 324 g/mol. The first-order valence-corrected chi connectivity index (χ1v) is 10.1. The van der Waals surface area contributed by atoms with Gasteiger partial charge in [0.15, 0.2) is 0 Å². The molecule has 0 unspecified atom stereocenters. The third kappa shape index (κ3) is 5.60. The molecule has 1 amide bonds. The summed E-state index contributed by atoms with van der Waals surface area (Å²) >= 11 is 0. The van der Waals surface area contributed by atoms with Crippen molar-refractivity contribution in [3.63, 3.8) is 0 Å². The molecule has 1 saturated heterocycles. The van der Waals surface area contributed by atoms with Gasteiger partial charge in [-0.3, -0.25) is 4.79 Å². The summed E-state index contributed by atoms with van der Waals surface area (Å²) in [6.45, 7) is 6.72. The van der Waals surface area contributed by atoms with E-state index < -0.39 is 10.0 Å². The van der Waals surface area contributed by atoms with Gasteiger partial charge in [-0.1, -0.05) is 30.3 Å². The van der Waals surface area contributed by atoms with E-state index in [2.05, 4.69) is 5.32 Å². The topological polar surface area (TPSA) is 66.5 Å². The molecule has 0 spiro atoms. The Morgan fingerprint density at radius 3 is 2.29 bits per heavy atom. The number of piperidine rings is 1. The molecule has 0 aromatic heterocycles. The molecule has 5 nitrogen and oxygen atoms in total. The third-order valence-corrected chi connectivity index (χ3v) is 6.08. The van der Waals surface area contributed by atoms with Crippen molar-refractivity contribution >= 4 is 15.9 Å². The van der Waals surface area contributed by atoms with E-state index in [4.69, 9.17) is 0 Å². The van der Waals surface area contributed by atoms with Crippen molar-refractivity contribution in [2.24, 2.45) is 5.92 Å². The largest absolute Gasteiger partial charge is 0.351 e. The lowest BCUT2D eigenvalue weighted by Gasteiger charge is -2.32. The van der Waals surface area contributed by atoms with Gasteiger partial charge in [-0.05, 0) is 45.6 Å². The second-order valence-electron chi connectivity index (χ2n) is 7.46. The van der Waals surface area contributed by atoms with Gasteiger partial charge in [-0.2, -0.15) is 0 Å². The Morgan fingerprint density at radius 2 is 1.75 bits per heavy atom. The molecule has 2 rings (SSSR count). The van der Waals surface area contributed by atoms with Crippen molar-refractivity contribution in [1.82, 2.24) is 9.62 Å². The molecule has 1 aromatic carbocycles. The SMILES string of the molecule is CC(C)(C)NC(=O)C1CCN(S(=O)(=O)CCc2ccccc2)CC1. The Morgan fingerprint density at radius 1 is 1.17 bits per heavy atom. The van der Waals surface area contributed by atoms with Crippen LogP contribution >= 0.6 is 0 Å². The molecule has 1 fully saturated rings. The van der Waals surface area contributed by atoms with Gasteiger partial charge in [0.2, 0.25) is 15.9 Å². The molecule has 1 aliphatic rings. The van der Waals surface area contributed by atoms with Crippen molar-refractivity contribution in [2.75, 3.05) is 18.8 Å². The van der Waals surface area contributed by atoms with E-state index in [1.54, 1.807) is 0 Å². The maximum atomic E-state index is 12.5. The number of aryl methyl sites for hydroxylation is 1. The molecular formula is C18H28N2O3S. The maximum Gasteiger partial charge on any atom is 0.223 e. The first kappa shape index (κ1) is 18.9. The minimum atomic E-state index is -3.26. The summed E-state index contributed by atoms with van der Waals surface area (Å²) in [4.78, 5) is 12.2. The fourth-order valence-electron chi connectivity index (χ4n) is 2.89. The number of rotatable bonds is 5. The number of nitrogens with zero attached hydrogens (tertiary/aromatic N) is 1. The minimum absolute atomic E-state index is 0.0313. The van der Waals surface area contributed by atoms with Gasteiger partial charge in [0.05, 0.1) is 5.75 Å². The molecule has 1 aromatic rings. The Labute approximate surface area is 145 Å². The molecule has 0 radical (unpaired) electrons. The Kier molecular flexibility index (Phi) is 6.04. The Balaban J connectivity index is 1.85. The minimum Gasteiger partial charge on any atom is -0.351 e. The highest BCUT2D eigenvalue weighted by Gasteiger charge is 2.31. The first-order valence-electron chi connectivity index (χ1n) is 8.51. The second kappa shape index (κ2) is 7.66. The van der Waals surface area contributed by atoms with Crippen LogP contribution in [0.1, 0.15) is 39.2 Å². The van der Waals surface area contributed by atoms with Crippen LogP contribution in [0, 0.1) is 5.92 Å². The Bertz CT molecular complexity index is 643. The summed E-state index contributed by atoms with van der Waals surface area (Å²) in [6, 6.07) is 9.64. The summed E-state index contributed by atoms with van der Waals surface area (Å²) in [5.74, 6) is 0.0594. The van der Waals surface area contributed by atoms with E-state index in [9.17, 15) is 13.2 Å². The van der Waals surface area contributed by atoms with Gasteiger partial charge in [-0.15, -0.1) is 0 Å². The summed E-state index contributed by atoms with van der Waals surface area (Å²) in [5.41, 5.74) is 0.774. The van der Waals surface area contributed by atoms with Crippen LogP contribution in [0.15, 0.2) is 30.3 Å². The van der Waals surface area contributed by atoms with E-state index in [1.807, 2.05) is 51.1 Å². The summed E-state index contributed by atoms with van der Waals surface area (Å²) in [5, 5.41) is 2.98. The van der Waals surface area contributed by atoms with Crippen molar-refractivity contribution in [1.29, 1.82) is 0 Å². The maximum absolute atomic E-state index is 12.5. The third-order valence-electron chi connectivity index (χ3n) is 4.21. The van der Waals surface area contributed by atoms with Crippen molar-refractivity contribution in [2.45, 2.75) is 45.6 Å². The number of carbonyl (C=O) groups is 1. The number of sulfonamides is 1. The zero-order chi connectivity index (χ0) is 17.8. The molecule has 1 heterocycles. The molecule has 0 atom stereocenters. The molecule has 0 saturated carbocycles. The number of nitrogens with one attached hydrogen (secondary N) is 1. The van der Waals surface area contributed by atoms with E-state index in [1.165, 1.54) is 4.31 Å². The average Bonchev–Trinajstić information content (AvgIpc) is 2.53. The van der Waals surface area contributed by atoms with Gasteiger partial charge in [0.25, 0.3) is 0 Å². The highest BCUT2D eigenvalue weighted by Crippen LogP contribution is 2.21. The van der Waals surface area contributed by atoms with Crippen LogP contribution in [0.2, 0.25) is 0 Å². The smallest absolute Gasteiger partial charge is 0.223 e. The number of hydrogen-bond acceptors (Lipinski definition) is 3. The average molecular weight is 353 g/mol. The van der Waals surface area contributed by atoms with Crippen molar-refractivity contribution in [3.05, 3.63) is 35.9 Å². The highest BCUT2D eigenvalue weighted by atomic mass is 32.2. The summed E-state index contributed by atoms with van der Waals surface area (Å²) in [6.07, 6.45) is 1.70. The predicted octanol–water partition coefficient (Wildman–Crippen LogP) is 2.19. The van der Waals surface area contributed by atoms with Crippen LogP contribution in [-0.2, 0) is 21.2 Å². The first-order chi connectivity index (χ1) is 11.2. The number of carbonyl (C=O) groups excluding carboxylic acids is 1. The summed E-state index contributed by atoms with van der Waals surface area (Å²) < 4.78 is 26.5. The number of benzene rings is 1. The van der Waals surface area contributed by atoms with E-state index in [-0.39, 0.29) is 23.1 Å². The lowest BCUT2D eigenvalue weighted by atomic mass is 9.96. The standard InChI is InChI=1S/C18H28N2O3S/c1-18(2,3)19-17(21)16-9-12-20(13-10-16)24(22,23)14-11-15-7-5-4-6-8-15/h4-8,16H,9-14H2,1-3H3,(H,19,21). The number of hydrogen-bond donors (Lipinski definition) is 1. The molecule has 1 aliphatic heterocycles. The predicted molar refractivity (Wildman–Crippen MR) is 96.1 cm³/mol. The lowest BCUT2D eigenvalue weighted by molar-refractivity contribution is -0.127. The zero-order valence-corrected chi connectivity index (χ0v) is 15.6. The molecule has 24 heavy (non-hydrogen) atoms. The Hall–Kier alpha value is -1.40. The van der Waals surface area contributed by atoms with Crippen LogP contribution in [0.4, 0.5) is 0 Å². The van der Waals surface area contributed by atoms with Crippen molar-refractivity contribution < 1.29 is 13.2 Å². The molecule has 0 bridgehead atoms. The summed E-state index contributed by atoms with van der Waals surface area (Å²) in [7, 11) is -3.26. The van der Waals surface area contributed by atoms with Gasteiger partial charge >= 0.3 is 0 Å². The fraction of sp³-hybridized carbons (Fsp3) is 0.611. The quantitative estimate of drug-likeness (QED) is 0.883. The zero-order valence-electron chi connectivity index (χ0n) is 14.8. The van der Waals surface area contributed by atoms with Crippen LogP contribution in [0.25, 0.3) is 0 Å². The van der Waals surface area contributed by atoms with Crippen LogP contribution < -0.4 is 5.32 Å². The highest BCUT2D eigenvalue weighted by molar-refractivity contribution is 7.89. The van der Waals surface area contributed by atoms with Crippen LogP contribution in [0.3, 0.4) is 0 Å². The normalized spacial score (nSPS) is 17.6. The number of amides is 1. The van der Waals surface area contributed by atoms with E-state index >= 15 is 0 Å². The van der Waals surface area contributed by atoms with Crippen LogP contribution in [0.5, 0.6) is 0 Å². The molecule has 1 N–H and O–H groups in total. The lowest BCUT2D eigenvalue weighted by Crippen LogP contribution is -2.48. The molecule has 0 aliphatic carbocycles. The molecule has 6 heteroatoms. The van der Waals surface area contributed by atoms with Gasteiger partial charge in [0, 0.05) is 24.5 Å². The van der Waals surface area contributed by atoms with E-state index in [0.29, 0.717) is 32.4 Å². The second-order valence-corrected chi connectivity index (χ2v) is 9.55. The van der Waals surface area contributed by atoms with Gasteiger partial charge < -0.3 is 5.32 Å². The van der Waals surface area contributed by atoms with Crippen molar-refractivity contribution in [3.8, 4) is 0 Å². The monoisotopic (exact) mass is 352 g/mol. The fourth-order valence-corrected chi connectivity index (χ4v) is 4.41. The molecule has 134 valence electrons.